The van der Waals surface area contributed by atoms with E-state index in [1.807, 2.05) is 92.7 Å². The predicted molar refractivity (Wildman–Crippen MR) is 119 cm³/mol. The van der Waals surface area contributed by atoms with Crippen LogP contribution >= 0.6 is 0 Å². The van der Waals surface area contributed by atoms with Crippen molar-refractivity contribution in [3.63, 3.8) is 0 Å². The van der Waals surface area contributed by atoms with Gasteiger partial charge in [-0.2, -0.15) is 0 Å². The molecule has 1 amide bonds. The lowest BCUT2D eigenvalue weighted by atomic mass is 10.0. The molecular weight excluding hydrogens is 374 g/mol. The summed E-state index contributed by atoms with van der Waals surface area (Å²) in [7, 11) is 0. The van der Waals surface area contributed by atoms with Crippen molar-refractivity contribution in [3.8, 4) is 11.1 Å². The highest BCUT2D eigenvalue weighted by Crippen LogP contribution is 2.20. The maximum atomic E-state index is 12.2. The third-order valence-corrected chi connectivity index (χ3v) is 5.00. The third kappa shape index (κ3) is 6.05. The molecule has 0 saturated heterocycles. The highest BCUT2D eigenvalue weighted by Gasteiger charge is 2.14. The van der Waals surface area contributed by atoms with Gasteiger partial charge in [-0.05, 0) is 35.6 Å². The normalized spacial score (nSPS) is 11.5. The number of esters is 1. The van der Waals surface area contributed by atoms with Crippen LogP contribution in [0.3, 0.4) is 0 Å². The average Bonchev–Trinajstić information content (AvgIpc) is 2.78. The van der Waals surface area contributed by atoms with Crippen LogP contribution in [0.5, 0.6) is 0 Å². The molecule has 0 aliphatic carbocycles. The van der Waals surface area contributed by atoms with Crippen molar-refractivity contribution in [2.24, 2.45) is 0 Å². The first-order chi connectivity index (χ1) is 14.5. The van der Waals surface area contributed by atoms with E-state index in [2.05, 4.69) is 5.32 Å². The van der Waals surface area contributed by atoms with E-state index < -0.39 is 5.97 Å². The summed E-state index contributed by atoms with van der Waals surface area (Å²) in [4.78, 5) is 24.4. The lowest BCUT2D eigenvalue weighted by Gasteiger charge is -2.17. The summed E-state index contributed by atoms with van der Waals surface area (Å²) in [5.74, 6) is -0.712. The highest BCUT2D eigenvalue weighted by atomic mass is 16.5. The van der Waals surface area contributed by atoms with Crippen LogP contribution in [-0.2, 0) is 20.7 Å². The number of benzene rings is 3. The molecule has 154 valence electrons. The summed E-state index contributed by atoms with van der Waals surface area (Å²) in [6.07, 6.45) is 0.897. The molecular formula is C26H27NO3. The Morgan fingerprint density at radius 1 is 0.867 bits per heavy atom. The molecule has 3 aromatic carbocycles. The molecule has 0 fully saturated rings. The Balaban J connectivity index is 1.48. The van der Waals surface area contributed by atoms with Crippen LogP contribution in [0.15, 0.2) is 78.9 Å². The van der Waals surface area contributed by atoms with Crippen molar-refractivity contribution in [3.05, 3.63) is 95.6 Å². The third-order valence-electron chi connectivity index (χ3n) is 5.00. The topological polar surface area (TPSA) is 55.4 Å². The highest BCUT2D eigenvalue weighted by molar-refractivity contribution is 5.81. The second-order valence-electron chi connectivity index (χ2n) is 7.34. The van der Waals surface area contributed by atoms with Crippen molar-refractivity contribution in [2.45, 2.75) is 32.7 Å². The van der Waals surface area contributed by atoms with Gasteiger partial charge in [-0.1, -0.05) is 91.3 Å². The molecule has 0 saturated carbocycles. The summed E-state index contributed by atoms with van der Waals surface area (Å²) < 4.78 is 5.17. The Kier molecular flexibility index (Phi) is 7.39. The number of hydrogen-bond acceptors (Lipinski definition) is 3. The number of carbonyl (C=O) groups excluding carboxylic acids is 2. The van der Waals surface area contributed by atoms with E-state index in [4.69, 9.17) is 4.74 Å². The van der Waals surface area contributed by atoms with Crippen molar-refractivity contribution in [2.75, 3.05) is 6.61 Å². The number of amides is 1. The van der Waals surface area contributed by atoms with Gasteiger partial charge in [0.15, 0.2) is 6.61 Å². The van der Waals surface area contributed by atoms with E-state index >= 15 is 0 Å². The van der Waals surface area contributed by atoms with Gasteiger partial charge in [0.1, 0.15) is 0 Å². The van der Waals surface area contributed by atoms with Crippen molar-refractivity contribution < 1.29 is 14.3 Å². The number of aryl methyl sites for hydroxylation is 1. The van der Waals surface area contributed by atoms with Crippen LogP contribution < -0.4 is 5.32 Å². The summed E-state index contributed by atoms with van der Waals surface area (Å²) in [5.41, 5.74) is 5.29. The summed E-state index contributed by atoms with van der Waals surface area (Å²) >= 11 is 0. The Morgan fingerprint density at radius 3 is 2.13 bits per heavy atom. The molecule has 0 heterocycles. The van der Waals surface area contributed by atoms with Crippen LogP contribution in [0.25, 0.3) is 11.1 Å². The summed E-state index contributed by atoms with van der Waals surface area (Å²) in [6.45, 7) is 3.76. The van der Waals surface area contributed by atoms with Gasteiger partial charge in [-0.15, -0.1) is 0 Å². The molecule has 3 rings (SSSR count). The molecule has 4 heteroatoms. The molecule has 0 aromatic heterocycles. The molecule has 1 atom stereocenters. The first kappa shape index (κ1) is 21.3. The van der Waals surface area contributed by atoms with Gasteiger partial charge < -0.3 is 10.1 Å². The molecule has 3 aromatic rings. The van der Waals surface area contributed by atoms with Crippen molar-refractivity contribution in [1.29, 1.82) is 0 Å². The Labute approximate surface area is 177 Å². The minimum atomic E-state index is -0.416. The van der Waals surface area contributed by atoms with Gasteiger partial charge in [0.25, 0.3) is 5.91 Å². The zero-order chi connectivity index (χ0) is 21.3. The number of hydrogen-bond donors (Lipinski definition) is 1. The van der Waals surface area contributed by atoms with E-state index in [0.29, 0.717) is 0 Å². The molecule has 0 unspecified atom stereocenters. The van der Waals surface area contributed by atoms with E-state index in [-0.39, 0.29) is 25.0 Å². The molecule has 30 heavy (non-hydrogen) atoms. The molecule has 0 aliphatic heterocycles. The molecule has 0 bridgehead atoms. The Bertz CT molecular complexity index is 963. The standard InChI is InChI=1S/C26H27NO3/c1-3-24(23-13-9-19(2)10-14-23)27-25(28)18-30-26(29)17-20-11-15-22(16-12-20)21-7-5-4-6-8-21/h4-16,24H,3,17-18H2,1-2H3,(H,27,28)/t24-/m0/s1. The number of rotatable bonds is 8. The minimum Gasteiger partial charge on any atom is -0.455 e. The lowest BCUT2D eigenvalue weighted by Crippen LogP contribution is -2.32. The van der Waals surface area contributed by atoms with Gasteiger partial charge in [0.2, 0.25) is 0 Å². The van der Waals surface area contributed by atoms with E-state index in [1.54, 1.807) is 0 Å². The molecule has 0 aliphatic rings. The van der Waals surface area contributed by atoms with Gasteiger partial charge >= 0.3 is 5.97 Å². The molecule has 1 N–H and O–H groups in total. The fourth-order valence-electron chi connectivity index (χ4n) is 3.27. The van der Waals surface area contributed by atoms with E-state index in [9.17, 15) is 9.59 Å². The average molecular weight is 402 g/mol. The van der Waals surface area contributed by atoms with Crippen LogP contribution in [0, 0.1) is 6.92 Å². The minimum absolute atomic E-state index is 0.0951. The van der Waals surface area contributed by atoms with Crippen LogP contribution in [0.1, 0.15) is 36.1 Å². The lowest BCUT2D eigenvalue weighted by molar-refractivity contribution is -0.148. The summed E-state index contributed by atoms with van der Waals surface area (Å²) in [5, 5.41) is 2.93. The maximum absolute atomic E-state index is 12.2. The largest absolute Gasteiger partial charge is 0.455 e. The predicted octanol–water partition coefficient (Wildman–Crippen LogP) is 5.02. The number of ether oxygens (including phenoxy) is 1. The zero-order valence-electron chi connectivity index (χ0n) is 17.4. The maximum Gasteiger partial charge on any atom is 0.310 e. The fraction of sp³-hybridized carbons (Fsp3) is 0.231. The first-order valence-electron chi connectivity index (χ1n) is 10.2. The van der Waals surface area contributed by atoms with Crippen LogP contribution in [0.2, 0.25) is 0 Å². The van der Waals surface area contributed by atoms with Gasteiger partial charge in [-0.25, -0.2) is 0 Å². The van der Waals surface area contributed by atoms with E-state index in [0.717, 1.165) is 28.7 Å². The molecule has 0 spiro atoms. The van der Waals surface area contributed by atoms with Gasteiger partial charge in [-0.3, -0.25) is 9.59 Å². The van der Waals surface area contributed by atoms with Crippen molar-refractivity contribution >= 4 is 11.9 Å². The fourth-order valence-corrected chi connectivity index (χ4v) is 3.27. The smallest absolute Gasteiger partial charge is 0.310 e. The van der Waals surface area contributed by atoms with E-state index in [1.165, 1.54) is 5.56 Å². The van der Waals surface area contributed by atoms with Gasteiger partial charge in [0, 0.05) is 0 Å². The second-order valence-corrected chi connectivity index (χ2v) is 7.34. The quantitative estimate of drug-likeness (QED) is 0.540. The SMILES string of the molecule is CC[C@H](NC(=O)COC(=O)Cc1ccc(-c2ccccc2)cc1)c1ccc(C)cc1. The Morgan fingerprint density at radius 2 is 1.50 bits per heavy atom. The Hall–Kier alpha value is -3.40. The summed E-state index contributed by atoms with van der Waals surface area (Å²) in [6, 6.07) is 25.8. The first-order valence-corrected chi connectivity index (χ1v) is 10.2. The second kappa shape index (κ2) is 10.4. The van der Waals surface area contributed by atoms with Crippen LogP contribution in [0.4, 0.5) is 0 Å². The number of carbonyl (C=O) groups is 2. The zero-order valence-corrected chi connectivity index (χ0v) is 17.4. The number of nitrogens with one attached hydrogen (secondary N) is 1. The van der Waals surface area contributed by atoms with Crippen molar-refractivity contribution in [1.82, 2.24) is 5.32 Å². The monoisotopic (exact) mass is 401 g/mol. The van der Waals surface area contributed by atoms with Crippen LogP contribution in [-0.4, -0.2) is 18.5 Å². The van der Waals surface area contributed by atoms with Gasteiger partial charge in [0.05, 0.1) is 12.5 Å². The molecule has 0 radical (unpaired) electrons. The molecule has 4 nitrogen and oxygen atoms in total.